The normalized spacial score (nSPS) is 17.1. The van der Waals surface area contributed by atoms with Crippen LogP contribution in [-0.4, -0.2) is 47.9 Å². The van der Waals surface area contributed by atoms with Crippen molar-refractivity contribution >= 4 is 17.7 Å². The van der Waals surface area contributed by atoms with Crippen LogP contribution in [0.4, 0.5) is 19.0 Å². The lowest BCUT2D eigenvalue weighted by Crippen LogP contribution is -2.38. The average Bonchev–Trinajstić information content (AvgIpc) is 3.37. The van der Waals surface area contributed by atoms with E-state index >= 15 is 0 Å². The molecule has 4 N–H and O–H groups in total. The van der Waals surface area contributed by atoms with Crippen LogP contribution in [0.2, 0.25) is 0 Å². The maximum absolute atomic E-state index is 13.8. The number of hydrogen-bond acceptors (Lipinski definition) is 4. The highest BCUT2D eigenvalue weighted by Crippen LogP contribution is 2.39. The molecule has 3 heterocycles. The van der Waals surface area contributed by atoms with Gasteiger partial charge in [-0.05, 0) is 60.9 Å². The number of anilines is 1. The Labute approximate surface area is 196 Å². The maximum atomic E-state index is 13.8. The highest BCUT2D eigenvalue weighted by atomic mass is 19.4. The third-order valence-electron chi connectivity index (χ3n) is 6.51. The Bertz CT molecular complexity index is 1040. The second-order valence-corrected chi connectivity index (χ2v) is 8.83. The lowest BCUT2D eigenvalue weighted by molar-refractivity contribution is -0.138. The second-order valence-electron chi connectivity index (χ2n) is 8.83. The summed E-state index contributed by atoms with van der Waals surface area (Å²) in [5, 5.41) is 0. The van der Waals surface area contributed by atoms with Crippen LogP contribution < -0.4 is 16.4 Å². The quantitative estimate of drug-likeness (QED) is 0.510. The van der Waals surface area contributed by atoms with Gasteiger partial charge in [-0.2, -0.15) is 13.2 Å². The number of likely N-dealkylation sites (tertiary alicyclic amines) is 1. The summed E-state index contributed by atoms with van der Waals surface area (Å²) in [4.78, 5) is 25.1. The van der Waals surface area contributed by atoms with Crippen molar-refractivity contribution in [3.63, 3.8) is 0 Å². The van der Waals surface area contributed by atoms with E-state index in [-0.39, 0.29) is 29.9 Å². The molecule has 0 saturated carbocycles. The van der Waals surface area contributed by atoms with Crippen LogP contribution >= 0.6 is 0 Å². The number of piperidine rings is 1. The fraction of sp³-hybridized carbons (Fsp3) is 0.458. The molecule has 1 amide bonds. The van der Waals surface area contributed by atoms with Gasteiger partial charge in [-0.1, -0.05) is 12.1 Å². The minimum Gasteiger partial charge on any atom is -0.370 e. The summed E-state index contributed by atoms with van der Waals surface area (Å²) in [7, 11) is 0. The van der Waals surface area contributed by atoms with E-state index < -0.39 is 11.7 Å². The molecule has 2 aliphatic rings. The molecule has 0 radical (unpaired) electrons. The first-order valence-corrected chi connectivity index (χ1v) is 11.5. The molecule has 2 aromatic rings. The van der Waals surface area contributed by atoms with Gasteiger partial charge < -0.3 is 21.3 Å². The van der Waals surface area contributed by atoms with E-state index in [2.05, 4.69) is 14.9 Å². The highest BCUT2D eigenvalue weighted by molar-refractivity contribution is 5.94. The molecule has 2 fully saturated rings. The van der Waals surface area contributed by atoms with Crippen molar-refractivity contribution in [3.8, 4) is 0 Å². The number of amides is 1. The minimum absolute atomic E-state index is 0.0107. The lowest BCUT2D eigenvalue weighted by Gasteiger charge is -2.33. The Hall–Kier alpha value is -3.30. The van der Waals surface area contributed by atoms with Gasteiger partial charge in [0.15, 0.2) is 5.96 Å². The van der Waals surface area contributed by atoms with E-state index in [1.54, 1.807) is 23.2 Å². The zero-order valence-corrected chi connectivity index (χ0v) is 18.9. The van der Waals surface area contributed by atoms with Gasteiger partial charge in [-0.3, -0.25) is 4.79 Å². The van der Waals surface area contributed by atoms with Gasteiger partial charge in [0.2, 0.25) is 0 Å². The number of carbonyl (C=O) groups is 1. The monoisotopic (exact) mass is 474 g/mol. The molecule has 0 atom stereocenters. The third-order valence-corrected chi connectivity index (χ3v) is 6.51. The van der Waals surface area contributed by atoms with E-state index in [9.17, 15) is 18.0 Å². The predicted octanol–water partition coefficient (Wildman–Crippen LogP) is 3.49. The van der Waals surface area contributed by atoms with Crippen molar-refractivity contribution in [3.05, 3.63) is 58.8 Å². The first-order valence-electron chi connectivity index (χ1n) is 11.5. The molecule has 2 aliphatic heterocycles. The Morgan fingerprint density at radius 3 is 2.35 bits per heavy atom. The molecule has 182 valence electrons. The van der Waals surface area contributed by atoms with Crippen LogP contribution in [-0.2, 0) is 12.7 Å². The number of carbonyl (C=O) groups excluding carboxylic acids is 1. The first-order chi connectivity index (χ1) is 16.2. The van der Waals surface area contributed by atoms with Crippen molar-refractivity contribution < 1.29 is 18.0 Å². The number of halogens is 3. The van der Waals surface area contributed by atoms with Gasteiger partial charge in [-0.15, -0.1) is 0 Å². The summed E-state index contributed by atoms with van der Waals surface area (Å²) >= 11 is 0. The van der Waals surface area contributed by atoms with Crippen LogP contribution in [0.5, 0.6) is 0 Å². The van der Waals surface area contributed by atoms with E-state index in [4.69, 9.17) is 11.5 Å². The summed E-state index contributed by atoms with van der Waals surface area (Å²) in [5.74, 6) is 0.280. The van der Waals surface area contributed by atoms with Crippen LogP contribution in [0, 0.1) is 0 Å². The van der Waals surface area contributed by atoms with Crippen LogP contribution in [0.25, 0.3) is 0 Å². The van der Waals surface area contributed by atoms with Crippen molar-refractivity contribution in [1.29, 1.82) is 0 Å². The molecule has 34 heavy (non-hydrogen) atoms. The van der Waals surface area contributed by atoms with E-state index in [0.29, 0.717) is 37.1 Å². The second kappa shape index (κ2) is 9.90. The molecular formula is C24H29F3N6O. The number of hydrogen-bond donors (Lipinski definition) is 2. The Morgan fingerprint density at radius 1 is 1.06 bits per heavy atom. The summed E-state index contributed by atoms with van der Waals surface area (Å²) in [6.07, 6.45) is 0.319. The average molecular weight is 475 g/mol. The Kier molecular flexibility index (Phi) is 6.95. The fourth-order valence-electron chi connectivity index (χ4n) is 4.71. The van der Waals surface area contributed by atoms with Gasteiger partial charge in [0, 0.05) is 32.4 Å². The molecule has 4 rings (SSSR count). The summed E-state index contributed by atoms with van der Waals surface area (Å²) in [6.45, 7) is 2.73. The van der Waals surface area contributed by atoms with Crippen LogP contribution in [0.15, 0.2) is 41.5 Å². The Balaban J connectivity index is 1.42. The summed E-state index contributed by atoms with van der Waals surface area (Å²) in [5.41, 5.74) is 11.1. The van der Waals surface area contributed by atoms with Crippen LogP contribution in [0.3, 0.4) is 0 Å². The molecule has 0 bridgehead atoms. The molecule has 0 aliphatic carbocycles. The first kappa shape index (κ1) is 23.8. The topological polar surface area (TPSA) is 101 Å². The number of rotatable bonds is 5. The number of alkyl halides is 3. The van der Waals surface area contributed by atoms with Crippen molar-refractivity contribution in [2.24, 2.45) is 16.5 Å². The van der Waals surface area contributed by atoms with Crippen LogP contribution in [0.1, 0.15) is 58.6 Å². The zero-order valence-electron chi connectivity index (χ0n) is 18.9. The van der Waals surface area contributed by atoms with Gasteiger partial charge in [0.25, 0.3) is 5.91 Å². The van der Waals surface area contributed by atoms with E-state index in [0.717, 1.165) is 37.8 Å². The number of nitrogens with two attached hydrogens (primary N) is 2. The number of benzene rings is 1. The van der Waals surface area contributed by atoms with E-state index in [1.165, 1.54) is 6.07 Å². The number of nitrogens with zero attached hydrogens (tertiary/aromatic N) is 4. The molecule has 0 spiro atoms. The number of aromatic nitrogens is 1. The summed E-state index contributed by atoms with van der Waals surface area (Å²) < 4.78 is 41.4. The molecule has 7 nitrogen and oxygen atoms in total. The SMILES string of the molecule is NC(N)=NCc1ccc(C2CCN(C(=O)c3ccc(N4CCCC4)nc3)CC2)c(C(F)(F)F)c1. The van der Waals surface area contributed by atoms with Crippen molar-refractivity contribution in [1.82, 2.24) is 9.88 Å². The lowest BCUT2D eigenvalue weighted by atomic mass is 9.85. The number of pyridine rings is 1. The molecule has 1 aromatic heterocycles. The van der Waals surface area contributed by atoms with E-state index in [1.807, 2.05) is 6.07 Å². The number of aliphatic imine (C=N–C) groups is 1. The molecule has 10 heteroatoms. The van der Waals surface area contributed by atoms with Gasteiger partial charge in [0.1, 0.15) is 5.82 Å². The Morgan fingerprint density at radius 2 is 1.76 bits per heavy atom. The van der Waals surface area contributed by atoms with Gasteiger partial charge in [-0.25, -0.2) is 9.98 Å². The minimum atomic E-state index is -4.49. The molecule has 1 aromatic carbocycles. The fourth-order valence-corrected chi connectivity index (χ4v) is 4.71. The zero-order chi connectivity index (χ0) is 24.3. The largest absolute Gasteiger partial charge is 0.416 e. The number of guanidine groups is 1. The summed E-state index contributed by atoms with van der Waals surface area (Å²) in [6, 6.07) is 7.91. The molecular weight excluding hydrogens is 445 g/mol. The molecule has 2 saturated heterocycles. The smallest absolute Gasteiger partial charge is 0.370 e. The third kappa shape index (κ3) is 5.43. The predicted molar refractivity (Wildman–Crippen MR) is 125 cm³/mol. The van der Waals surface area contributed by atoms with Gasteiger partial charge in [0.05, 0.1) is 17.7 Å². The molecule has 0 unspecified atom stereocenters. The van der Waals surface area contributed by atoms with Crippen molar-refractivity contribution in [2.75, 3.05) is 31.1 Å². The standard InChI is InChI=1S/C24H29F3N6O/c25-24(26,27)20-13-16(14-31-23(28)29)3-5-19(20)17-7-11-33(12-8-17)22(34)18-4-6-21(30-15-18)32-9-1-2-10-32/h3-6,13,15,17H,1-2,7-12,14H2,(H4,28,29,31). The maximum Gasteiger partial charge on any atom is 0.416 e. The van der Waals surface area contributed by atoms with Gasteiger partial charge >= 0.3 is 6.18 Å². The highest BCUT2D eigenvalue weighted by Gasteiger charge is 2.36. The van der Waals surface area contributed by atoms with Crippen molar-refractivity contribution in [2.45, 2.75) is 44.3 Å².